The minimum absolute atomic E-state index is 0.142. The quantitative estimate of drug-likeness (QED) is 0.837. The van der Waals surface area contributed by atoms with Gasteiger partial charge in [0.25, 0.3) is 0 Å². The number of hydrogen-bond acceptors (Lipinski definition) is 2. The fourth-order valence-electron chi connectivity index (χ4n) is 2.53. The second kappa shape index (κ2) is 5.65. The van der Waals surface area contributed by atoms with Crippen LogP contribution in [-0.2, 0) is 0 Å². The maximum Gasteiger partial charge on any atom is 0.0450 e. The monoisotopic (exact) mass is 232 g/mol. The van der Waals surface area contributed by atoms with E-state index in [1.54, 1.807) is 0 Å². The lowest BCUT2D eigenvalue weighted by Crippen LogP contribution is -2.34. The third-order valence-corrected chi connectivity index (χ3v) is 4.03. The molecule has 0 amide bonds. The van der Waals surface area contributed by atoms with Gasteiger partial charge in [0.15, 0.2) is 0 Å². The second-order valence-corrected chi connectivity index (χ2v) is 5.20. The molecule has 3 unspecified atom stereocenters. The van der Waals surface area contributed by atoms with E-state index in [1.165, 1.54) is 30.4 Å². The Bertz CT molecular complexity index is 338. The highest BCUT2D eigenvalue weighted by Gasteiger charge is 2.22. The van der Waals surface area contributed by atoms with Gasteiger partial charge >= 0.3 is 0 Å². The van der Waals surface area contributed by atoms with Crippen LogP contribution in [0.25, 0.3) is 0 Å². The molecule has 1 saturated heterocycles. The Morgan fingerprint density at radius 2 is 1.94 bits per heavy atom. The summed E-state index contributed by atoms with van der Waals surface area (Å²) in [5.74, 6) is 0.643. The molecule has 2 heteroatoms. The van der Waals surface area contributed by atoms with Crippen molar-refractivity contribution in [2.75, 3.05) is 6.54 Å². The van der Waals surface area contributed by atoms with Gasteiger partial charge in [-0.05, 0) is 42.9 Å². The van der Waals surface area contributed by atoms with Crippen LogP contribution in [0.3, 0.4) is 0 Å². The molecule has 0 bridgehead atoms. The van der Waals surface area contributed by atoms with Gasteiger partial charge < -0.3 is 11.1 Å². The second-order valence-electron chi connectivity index (χ2n) is 5.20. The Labute approximate surface area is 105 Å². The van der Waals surface area contributed by atoms with Crippen LogP contribution in [-0.4, -0.2) is 12.6 Å². The van der Waals surface area contributed by atoms with Crippen LogP contribution in [0.1, 0.15) is 56.2 Å². The molecule has 1 aliphatic rings. The van der Waals surface area contributed by atoms with E-state index < -0.39 is 0 Å². The summed E-state index contributed by atoms with van der Waals surface area (Å²) in [6.45, 7) is 5.61. The van der Waals surface area contributed by atoms with E-state index in [4.69, 9.17) is 5.73 Å². The summed E-state index contributed by atoms with van der Waals surface area (Å²) in [6, 6.07) is 9.47. The van der Waals surface area contributed by atoms with Gasteiger partial charge in [0.05, 0.1) is 0 Å². The number of benzene rings is 1. The van der Waals surface area contributed by atoms with Crippen LogP contribution in [0.2, 0.25) is 0 Å². The summed E-state index contributed by atoms with van der Waals surface area (Å²) >= 11 is 0. The topological polar surface area (TPSA) is 38.0 Å². The lowest BCUT2D eigenvalue weighted by atomic mass is 9.94. The van der Waals surface area contributed by atoms with Gasteiger partial charge in [-0.15, -0.1) is 0 Å². The normalized spacial score (nSPS) is 23.6. The van der Waals surface area contributed by atoms with Gasteiger partial charge in [-0.25, -0.2) is 0 Å². The maximum absolute atomic E-state index is 6.30. The molecule has 2 nitrogen and oxygen atoms in total. The molecule has 0 radical (unpaired) electrons. The van der Waals surface area contributed by atoms with E-state index in [9.17, 15) is 0 Å². The van der Waals surface area contributed by atoms with Crippen molar-refractivity contribution in [3.05, 3.63) is 35.4 Å². The largest absolute Gasteiger partial charge is 0.323 e. The van der Waals surface area contributed by atoms with E-state index in [1.807, 2.05) is 0 Å². The summed E-state index contributed by atoms with van der Waals surface area (Å²) < 4.78 is 0. The molecule has 0 aromatic heterocycles. The van der Waals surface area contributed by atoms with Crippen molar-refractivity contribution in [3.8, 4) is 0 Å². The molecule has 1 aromatic carbocycles. The molecule has 0 saturated carbocycles. The molecule has 0 aliphatic carbocycles. The van der Waals surface area contributed by atoms with Crippen LogP contribution in [0.5, 0.6) is 0 Å². The van der Waals surface area contributed by atoms with Crippen molar-refractivity contribution in [1.82, 2.24) is 5.32 Å². The van der Waals surface area contributed by atoms with Crippen molar-refractivity contribution in [2.24, 2.45) is 5.73 Å². The molecule has 1 fully saturated rings. The van der Waals surface area contributed by atoms with E-state index >= 15 is 0 Å². The summed E-state index contributed by atoms with van der Waals surface area (Å²) in [7, 11) is 0. The van der Waals surface area contributed by atoms with Crippen LogP contribution in [0.4, 0.5) is 0 Å². The van der Waals surface area contributed by atoms with Gasteiger partial charge in [0, 0.05) is 12.1 Å². The molecule has 3 atom stereocenters. The number of nitrogens with two attached hydrogens (primary N) is 1. The summed E-state index contributed by atoms with van der Waals surface area (Å²) in [6.07, 6.45) is 3.65. The zero-order valence-corrected chi connectivity index (χ0v) is 10.9. The molecule has 1 aliphatic heterocycles. The van der Waals surface area contributed by atoms with Crippen molar-refractivity contribution in [1.29, 1.82) is 0 Å². The minimum Gasteiger partial charge on any atom is -0.323 e. The average Bonchev–Trinajstić information content (AvgIpc) is 2.91. The molecular weight excluding hydrogens is 208 g/mol. The van der Waals surface area contributed by atoms with Crippen LogP contribution >= 0.6 is 0 Å². The molecule has 0 spiro atoms. The Hall–Kier alpha value is -0.860. The predicted octanol–water partition coefficient (Wildman–Crippen LogP) is 2.95. The number of rotatable bonds is 4. The lowest BCUT2D eigenvalue weighted by molar-refractivity contribution is 0.500. The van der Waals surface area contributed by atoms with E-state index in [2.05, 4.69) is 43.4 Å². The highest BCUT2D eigenvalue weighted by molar-refractivity contribution is 5.28. The first-order valence-corrected chi connectivity index (χ1v) is 6.81. The summed E-state index contributed by atoms with van der Waals surface area (Å²) in [5.41, 5.74) is 8.98. The van der Waals surface area contributed by atoms with Gasteiger partial charge in [-0.3, -0.25) is 0 Å². The fraction of sp³-hybridized carbons (Fsp3) is 0.600. The fourth-order valence-corrected chi connectivity index (χ4v) is 2.53. The van der Waals surface area contributed by atoms with Gasteiger partial charge in [-0.1, -0.05) is 38.1 Å². The Morgan fingerprint density at radius 1 is 1.29 bits per heavy atom. The zero-order chi connectivity index (χ0) is 12.3. The molecule has 3 N–H and O–H groups in total. The standard InChI is InChI=1S/C15H24N2/c1-3-11(2)12-6-8-13(9-7-12)15(16)14-5-4-10-17-14/h6-9,11,14-15,17H,3-5,10,16H2,1-2H3. The van der Waals surface area contributed by atoms with Gasteiger partial charge in [0.2, 0.25) is 0 Å². The molecular formula is C15H24N2. The molecule has 17 heavy (non-hydrogen) atoms. The summed E-state index contributed by atoms with van der Waals surface area (Å²) in [4.78, 5) is 0. The first kappa shape index (κ1) is 12.6. The van der Waals surface area contributed by atoms with Crippen molar-refractivity contribution < 1.29 is 0 Å². The third kappa shape index (κ3) is 2.88. The van der Waals surface area contributed by atoms with Gasteiger partial charge in [-0.2, -0.15) is 0 Å². The Morgan fingerprint density at radius 3 is 2.47 bits per heavy atom. The highest BCUT2D eigenvalue weighted by Crippen LogP contribution is 2.24. The Kier molecular flexibility index (Phi) is 4.19. The number of hydrogen-bond donors (Lipinski definition) is 2. The van der Waals surface area contributed by atoms with Gasteiger partial charge in [0.1, 0.15) is 0 Å². The maximum atomic E-state index is 6.30. The zero-order valence-electron chi connectivity index (χ0n) is 10.9. The molecule has 2 rings (SSSR count). The van der Waals surface area contributed by atoms with Crippen molar-refractivity contribution >= 4 is 0 Å². The van der Waals surface area contributed by atoms with E-state index in [0.29, 0.717) is 12.0 Å². The van der Waals surface area contributed by atoms with E-state index in [-0.39, 0.29) is 6.04 Å². The average molecular weight is 232 g/mol. The first-order valence-electron chi connectivity index (χ1n) is 6.81. The third-order valence-electron chi connectivity index (χ3n) is 4.03. The SMILES string of the molecule is CCC(C)c1ccc(C(N)C2CCCN2)cc1. The summed E-state index contributed by atoms with van der Waals surface area (Å²) in [5, 5.41) is 3.48. The smallest absolute Gasteiger partial charge is 0.0450 e. The van der Waals surface area contributed by atoms with E-state index in [0.717, 1.165) is 6.54 Å². The Balaban J connectivity index is 2.06. The molecule has 1 aromatic rings. The lowest BCUT2D eigenvalue weighted by Gasteiger charge is -2.20. The molecule has 94 valence electrons. The van der Waals surface area contributed by atoms with Crippen molar-refractivity contribution in [2.45, 2.75) is 51.1 Å². The van der Waals surface area contributed by atoms with Crippen molar-refractivity contribution in [3.63, 3.8) is 0 Å². The number of nitrogens with one attached hydrogen (secondary N) is 1. The van der Waals surface area contributed by atoms with Crippen LogP contribution in [0, 0.1) is 0 Å². The predicted molar refractivity (Wildman–Crippen MR) is 73.1 cm³/mol. The van der Waals surface area contributed by atoms with Crippen LogP contribution < -0.4 is 11.1 Å². The molecule has 1 heterocycles. The first-order chi connectivity index (χ1) is 8.22. The van der Waals surface area contributed by atoms with Crippen LogP contribution in [0.15, 0.2) is 24.3 Å². The minimum atomic E-state index is 0.142. The highest BCUT2D eigenvalue weighted by atomic mass is 15.0.